The lowest BCUT2D eigenvalue weighted by Gasteiger charge is -2.13. The van der Waals surface area contributed by atoms with E-state index in [9.17, 15) is 0 Å². The number of nitrogens with one attached hydrogen (secondary N) is 1. The molecule has 1 heterocycles. The first-order valence-electron chi connectivity index (χ1n) is 6.15. The van der Waals surface area contributed by atoms with Crippen molar-refractivity contribution in [3.05, 3.63) is 51.7 Å². The van der Waals surface area contributed by atoms with Crippen LogP contribution in [0.4, 0.5) is 0 Å². The average molecular weight is 290 g/mol. The number of benzene rings is 1. The third-order valence-corrected chi connectivity index (χ3v) is 3.19. The maximum atomic E-state index is 7.67. The maximum Gasteiger partial charge on any atom is 0.230 e. The van der Waals surface area contributed by atoms with E-state index < -0.39 is 0 Å². The Morgan fingerprint density at radius 3 is 2.60 bits per heavy atom. The first kappa shape index (κ1) is 14.3. The second-order valence-corrected chi connectivity index (χ2v) is 5.12. The van der Waals surface area contributed by atoms with E-state index in [1.54, 1.807) is 6.07 Å². The highest BCUT2D eigenvalue weighted by molar-refractivity contribution is 6.32. The van der Waals surface area contributed by atoms with Crippen molar-refractivity contribution in [2.24, 2.45) is 5.73 Å². The van der Waals surface area contributed by atoms with Crippen molar-refractivity contribution in [1.82, 2.24) is 4.98 Å². The number of nitrogens with two attached hydrogens (primary N) is 1. The Balaban J connectivity index is 2.53. The highest BCUT2D eigenvalue weighted by Gasteiger charge is 2.15. The lowest BCUT2D eigenvalue weighted by molar-refractivity contribution is 0.460. The molecule has 4 nitrogen and oxygen atoms in total. The van der Waals surface area contributed by atoms with Crippen LogP contribution in [0.5, 0.6) is 11.6 Å². The number of halogens is 1. The van der Waals surface area contributed by atoms with E-state index in [0.29, 0.717) is 22.2 Å². The van der Waals surface area contributed by atoms with E-state index in [1.165, 1.54) is 0 Å². The minimum Gasteiger partial charge on any atom is -0.437 e. The van der Waals surface area contributed by atoms with Crippen LogP contribution < -0.4 is 10.5 Å². The van der Waals surface area contributed by atoms with Crippen LogP contribution in [0, 0.1) is 26.2 Å². The number of ether oxygens (including phenoxy) is 1. The smallest absolute Gasteiger partial charge is 0.230 e. The molecule has 2 aromatic rings. The summed E-state index contributed by atoms with van der Waals surface area (Å²) >= 11 is 6.12. The van der Waals surface area contributed by atoms with E-state index in [4.69, 9.17) is 27.5 Å². The molecule has 0 spiro atoms. The van der Waals surface area contributed by atoms with Crippen LogP contribution in [0.25, 0.3) is 0 Å². The Kier molecular flexibility index (Phi) is 3.95. The standard InChI is InChI=1S/C15H16ClN3O/c1-8-4-5-11(16)12(6-8)20-15-13(14(17)18)9(2)7-10(3)19-15/h4-7H,1-3H3,(H3,17,18). The predicted octanol–water partition coefficient (Wildman–Crippen LogP) is 3.74. The second kappa shape index (κ2) is 5.51. The van der Waals surface area contributed by atoms with E-state index in [-0.39, 0.29) is 5.84 Å². The van der Waals surface area contributed by atoms with Gasteiger partial charge < -0.3 is 10.5 Å². The van der Waals surface area contributed by atoms with Gasteiger partial charge in [-0.05, 0) is 50.1 Å². The number of pyridine rings is 1. The number of nitrogen functional groups attached to an aromatic ring is 1. The number of aromatic nitrogens is 1. The molecule has 20 heavy (non-hydrogen) atoms. The summed E-state index contributed by atoms with van der Waals surface area (Å²) in [5.41, 5.74) is 8.79. The van der Waals surface area contributed by atoms with Gasteiger partial charge in [0, 0.05) is 5.69 Å². The van der Waals surface area contributed by atoms with Gasteiger partial charge in [-0.25, -0.2) is 4.98 Å². The fourth-order valence-corrected chi connectivity index (χ4v) is 2.15. The molecule has 0 bridgehead atoms. The normalized spacial score (nSPS) is 10.4. The number of rotatable bonds is 3. The van der Waals surface area contributed by atoms with Gasteiger partial charge in [0.15, 0.2) is 0 Å². The Bertz CT molecular complexity index is 683. The van der Waals surface area contributed by atoms with Gasteiger partial charge in [0.1, 0.15) is 11.6 Å². The van der Waals surface area contributed by atoms with E-state index in [2.05, 4.69) is 4.98 Å². The van der Waals surface area contributed by atoms with Gasteiger partial charge in [-0.1, -0.05) is 17.7 Å². The molecule has 0 amide bonds. The topological polar surface area (TPSA) is 72.0 Å². The molecule has 0 atom stereocenters. The van der Waals surface area contributed by atoms with Gasteiger partial charge in [-0.15, -0.1) is 0 Å². The van der Waals surface area contributed by atoms with Crippen LogP contribution in [0.15, 0.2) is 24.3 Å². The Morgan fingerprint density at radius 2 is 1.95 bits per heavy atom. The molecule has 104 valence electrons. The third-order valence-electron chi connectivity index (χ3n) is 2.87. The number of hydrogen-bond donors (Lipinski definition) is 2. The summed E-state index contributed by atoms with van der Waals surface area (Å²) in [5, 5.41) is 8.17. The van der Waals surface area contributed by atoms with E-state index in [1.807, 2.05) is 39.0 Å². The van der Waals surface area contributed by atoms with Crippen molar-refractivity contribution in [2.45, 2.75) is 20.8 Å². The molecule has 0 aliphatic rings. The number of amidine groups is 1. The highest BCUT2D eigenvalue weighted by Crippen LogP contribution is 2.32. The van der Waals surface area contributed by atoms with Crippen molar-refractivity contribution in [3.8, 4) is 11.6 Å². The van der Waals surface area contributed by atoms with Gasteiger partial charge in [0.2, 0.25) is 5.88 Å². The van der Waals surface area contributed by atoms with Crippen molar-refractivity contribution in [2.75, 3.05) is 0 Å². The zero-order valence-corrected chi connectivity index (χ0v) is 12.4. The summed E-state index contributed by atoms with van der Waals surface area (Å²) in [6.07, 6.45) is 0. The summed E-state index contributed by atoms with van der Waals surface area (Å²) in [6.45, 7) is 5.68. The van der Waals surface area contributed by atoms with Gasteiger partial charge in [0.05, 0.1) is 10.6 Å². The van der Waals surface area contributed by atoms with Crippen LogP contribution in [-0.4, -0.2) is 10.8 Å². The van der Waals surface area contributed by atoms with Crippen molar-refractivity contribution in [1.29, 1.82) is 5.41 Å². The fourth-order valence-electron chi connectivity index (χ4n) is 2.00. The van der Waals surface area contributed by atoms with Crippen molar-refractivity contribution in [3.63, 3.8) is 0 Å². The molecule has 0 fully saturated rings. The lowest BCUT2D eigenvalue weighted by Crippen LogP contribution is -2.15. The van der Waals surface area contributed by atoms with Crippen molar-refractivity contribution >= 4 is 17.4 Å². The lowest BCUT2D eigenvalue weighted by atomic mass is 10.1. The molecule has 0 radical (unpaired) electrons. The van der Waals surface area contributed by atoms with Gasteiger partial charge in [-0.2, -0.15) is 0 Å². The SMILES string of the molecule is Cc1ccc(Cl)c(Oc2nc(C)cc(C)c2C(=N)N)c1. The summed E-state index contributed by atoms with van der Waals surface area (Å²) in [6, 6.07) is 7.35. The zero-order chi connectivity index (χ0) is 14.9. The Hall–Kier alpha value is -2.07. The molecule has 0 saturated heterocycles. The molecule has 1 aromatic carbocycles. The predicted molar refractivity (Wildman–Crippen MR) is 81.0 cm³/mol. The zero-order valence-electron chi connectivity index (χ0n) is 11.6. The first-order valence-corrected chi connectivity index (χ1v) is 6.53. The molecular weight excluding hydrogens is 274 g/mol. The molecule has 3 N–H and O–H groups in total. The molecular formula is C15H16ClN3O. The highest BCUT2D eigenvalue weighted by atomic mass is 35.5. The molecule has 5 heteroatoms. The van der Waals surface area contributed by atoms with Crippen LogP contribution >= 0.6 is 11.6 Å². The van der Waals surface area contributed by atoms with Gasteiger partial charge in [0.25, 0.3) is 0 Å². The molecule has 0 aliphatic heterocycles. The van der Waals surface area contributed by atoms with Crippen LogP contribution in [0.1, 0.15) is 22.4 Å². The molecule has 0 aliphatic carbocycles. The Morgan fingerprint density at radius 1 is 1.25 bits per heavy atom. The molecule has 0 saturated carbocycles. The van der Waals surface area contributed by atoms with E-state index >= 15 is 0 Å². The fraction of sp³-hybridized carbons (Fsp3) is 0.200. The van der Waals surface area contributed by atoms with E-state index in [0.717, 1.165) is 16.8 Å². The summed E-state index contributed by atoms with van der Waals surface area (Å²) in [5.74, 6) is 0.739. The second-order valence-electron chi connectivity index (χ2n) is 4.71. The van der Waals surface area contributed by atoms with Crippen LogP contribution in [0.2, 0.25) is 5.02 Å². The maximum absolute atomic E-state index is 7.67. The quantitative estimate of drug-likeness (QED) is 0.668. The Labute approximate surface area is 123 Å². The summed E-state index contributed by atoms with van der Waals surface area (Å²) < 4.78 is 5.78. The summed E-state index contributed by atoms with van der Waals surface area (Å²) in [4.78, 5) is 4.32. The third kappa shape index (κ3) is 2.91. The minimum absolute atomic E-state index is 0.0752. The van der Waals surface area contributed by atoms with Crippen molar-refractivity contribution < 1.29 is 4.74 Å². The first-order chi connectivity index (χ1) is 9.38. The van der Waals surface area contributed by atoms with Gasteiger partial charge in [-0.3, -0.25) is 5.41 Å². The number of hydrogen-bond acceptors (Lipinski definition) is 3. The number of aryl methyl sites for hydroxylation is 3. The van der Waals surface area contributed by atoms with Crippen LogP contribution in [-0.2, 0) is 0 Å². The van der Waals surface area contributed by atoms with Gasteiger partial charge >= 0.3 is 0 Å². The monoisotopic (exact) mass is 289 g/mol. The summed E-state index contributed by atoms with van der Waals surface area (Å²) in [7, 11) is 0. The number of nitrogens with zero attached hydrogens (tertiary/aromatic N) is 1. The average Bonchev–Trinajstić information content (AvgIpc) is 2.32. The molecule has 1 aromatic heterocycles. The molecule has 0 unspecified atom stereocenters. The molecule has 2 rings (SSSR count). The largest absolute Gasteiger partial charge is 0.437 e. The van der Waals surface area contributed by atoms with Crippen LogP contribution in [0.3, 0.4) is 0 Å². The minimum atomic E-state index is -0.0752.